The Labute approximate surface area is 160 Å². The molecule has 5 rings (SSSR count). The smallest absolute Gasteiger partial charge is 0.155 e. The SMILES string of the molecule is Cc1cnn(-c2cccc(N3CCN(c4ncnc5ccsc45)CC3)n2)c1. The van der Waals surface area contributed by atoms with Crippen LogP contribution >= 0.6 is 11.3 Å². The molecule has 1 fully saturated rings. The van der Waals surface area contributed by atoms with Gasteiger partial charge in [-0.1, -0.05) is 6.07 Å². The first-order valence-electron chi connectivity index (χ1n) is 8.95. The van der Waals surface area contributed by atoms with Crippen LogP contribution in [0.1, 0.15) is 5.56 Å². The number of thiophene rings is 1. The van der Waals surface area contributed by atoms with Crippen LogP contribution in [0.15, 0.2) is 48.4 Å². The average molecular weight is 377 g/mol. The molecule has 5 heterocycles. The Bertz CT molecular complexity index is 1080. The van der Waals surface area contributed by atoms with E-state index in [1.54, 1.807) is 17.7 Å². The molecule has 0 unspecified atom stereocenters. The fourth-order valence-corrected chi connectivity index (χ4v) is 4.26. The second-order valence-electron chi connectivity index (χ2n) is 6.62. The summed E-state index contributed by atoms with van der Waals surface area (Å²) >= 11 is 1.70. The first-order chi connectivity index (χ1) is 13.3. The molecule has 27 heavy (non-hydrogen) atoms. The summed E-state index contributed by atoms with van der Waals surface area (Å²) in [6.07, 6.45) is 5.50. The maximum atomic E-state index is 4.80. The maximum Gasteiger partial charge on any atom is 0.155 e. The Morgan fingerprint density at radius 1 is 0.963 bits per heavy atom. The Morgan fingerprint density at radius 2 is 1.78 bits per heavy atom. The largest absolute Gasteiger partial charge is 0.353 e. The number of fused-ring (bicyclic) bond motifs is 1. The summed E-state index contributed by atoms with van der Waals surface area (Å²) in [5.41, 5.74) is 2.15. The predicted molar refractivity (Wildman–Crippen MR) is 108 cm³/mol. The van der Waals surface area contributed by atoms with Gasteiger partial charge in [0.25, 0.3) is 0 Å². The average Bonchev–Trinajstić information content (AvgIpc) is 3.37. The van der Waals surface area contributed by atoms with Crippen LogP contribution in [0.5, 0.6) is 0 Å². The van der Waals surface area contributed by atoms with Gasteiger partial charge in [0, 0.05) is 32.4 Å². The first kappa shape index (κ1) is 16.2. The van der Waals surface area contributed by atoms with Crippen LogP contribution in [0.3, 0.4) is 0 Å². The van der Waals surface area contributed by atoms with Gasteiger partial charge >= 0.3 is 0 Å². The molecule has 0 saturated carbocycles. The van der Waals surface area contributed by atoms with E-state index in [0.717, 1.165) is 54.7 Å². The zero-order valence-corrected chi connectivity index (χ0v) is 15.8. The normalized spacial score (nSPS) is 14.9. The van der Waals surface area contributed by atoms with Crippen molar-refractivity contribution in [3.8, 4) is 5.82 Å². The molecular formula is C19H19N7S. The highest BCUT2D eigenvalue weighted by Gasteiger charge is 2.21. The van der Waals surface area contributed by atoms with Gasteiger partial charge in [-0.2, -0.15) is 5.10 Å². The predicted octanol–water partition coefficient (Wildman–Crippen LogP) is 2.91. The van der Waals surface area contributed by atoms with E-state index >= 15 is 0 Å². The van der Waals surface area contributed by atoms with Gasteiger partial charge in [-0.3, -0.25) is 0 Å². The van der Waals surface area contributed by atoms with Crippen LogP contribution in [0.25, 0.3) is 16.0 Å². The minimum atomic E-state index is 0.846. The van der Waals surface area contributed by atoms with Gasteiger partial charge in [0.05, 0.1) is 16.4 Å². The monoisotopic (exact) mass is 377 g/mol. The molecule has 1 aliphatic rings. The van der Waals surface area contributed by atoms with Crippen molar-refractivity contribution in [1.29, 1.82) is 0 Å². The molecule has 0 amide bonds. The van der Waals surface area contributed by atoms with Crippen molar-refractivity contribution in [2.24, 2.45) is 0 Å². The van der Waals surface area contributed by atoms with Crippen molar-refractivity contribution in [2.75, 3.05) is 36.0 Å². The highest BCUT2D eigenvalue weighted by Crippen LogP contribution is 2.29. The molecule has 0 bridgehead atoms. The molecule has 4 aromatic heterocycles. The molecule has 0 aromatic carbocycles. The van der Waals surface area contributed by atoms with E-state index in [-0.39, 0.29) is 0 Å². The molecule has 136 valence electrons. The van der Waals surface area contributed by atoms with Gasteiger partial charge in [-0.05, 0) is 36.1 Å². The highest BCUT2D eigenvalue weighted by atomic mass is 32.1. The summed E-state index contributed by atoms with van der Waals surface area (Å²) in [5, 5.41) is 6.44. The summed E-state index contributed by atoms with van der Waals surface area (Å²) in [4.78, 5) is 18.4. The summed E-state index contributed by atoms with van der Waals surface area (Å²) in [5.74, 6) is 2.88. The van der Waals surface area contributed by atoms with Crippen molar-refractivity contribution < 1.29 is 0 Å². The van der Waals surface area contributed by atoms with Crippen molar-refractivity contribution in [1.82, 2.24) is 24.7 Å². The van der Waals surface area contributed by atoms with Crippen molar-refractivity contribution in [2.45, 2.75) is 6.92 Å². The Hall–Kier alpha value is -3.00. The molecular weight excluding hydrogens is 358 g/mol. The van der Waals surface area contributed by atoms with Crippen LogP contribution in [-0.4, -0.2) is 50.9 Å². The topological polar surface area (TPSA) is 63.0 Å². The molecule has 1 saturated heterocycles. The third-order valence-electron chi connectivity index (χ3n) is 4.79. The summed E-state index contributed by atoms with van der Waals surface area (Å²) in [6, 6.07) is 8.15. The van der Waals surface area contributed by atoms with Gasteiger partial charge < -0.3 is 9.80 Å². The van der Waals surface area contributed by atoms with Gasteiger partial charge in [0.1, 0.15) is 18.0 Å². The Morgan fingerprint density at radius 3 is 2.59 bits per heavy atom. The van der Waals surface area contributed by atoms with Crippen molar-refractivity contribution in [3.63, 3.8) is 0 Å². The van der Waals surface area contributed by atoms with E-state index in [2.05, 4.69) is 36.3 Å². The zero-order valence-electron chi connectivity index (χ0n) is 15.0. The lowest BCUT2D eigenvalue weighted by Gasteiger charge is -2.36. The number of hydrogen-bond donors (Lipinski definition) is 0. The second kappa shape index (κ2) is 6.62. The fraction of sp³-hybridized carbons (Fsp3) is 0.263. The van der Waals surface area contributed by atoms with E-state index in [4.69, 9.17) is 4.98 Å². The Kier molecular flexibility index (Phi) is 3.97. The molecule has 0 aliphatic carbocycles. The van der Waals surface area contributed by atoms with E-state index < -0.39 is 0 Å². The zero-order chi connectivity index (χ0) is 18.2. The lowest BCUT2D eigenvalue weighted by molar-refractivity contribution is 0.642. The third kappa shape index (κ3) is 3.02. The van der Waals surface area contributed by atoms with E-state index in [0.29, 0.717) is 0 Å². The number of aromatic nitrogens is 5. The first-order valence-corrected chi connectivity index (χ1v) is 9.83. The molecule has 4 aromatic rings. The molecule has 0 N–H and O–H groups in total. The standard InChI is InChI=1S/C19H19N7S/c1-14-11-22-26(12-14)17-4-2-3-16(23-17)24-6-8-25(9-7-24)19-18-15(5-10-27-18)20-13-21-19/h2-5,10-13H,6-9H2,1H3. The number of rotatable bonds is 3. The minimum absolute atomic E-state index is 0.846. The Balaban J connectivity index is 1.34. The van der Waals surface area contributed by atoms with Gasteiger partial charge in [0.15, 0.2) is 5.82 Å². The number of hydrogen-bond acceptors (Lipinski definition) is 7. The number of aryl methyl sites for hydroxylation is 1. The fourth-order valence-electron chi connectivity index (χ4n) is 3.40. The molecule has 8 heteroatoms. The van der Waals surface area contributed by atoms with E-state index in [1.165, 1.54) is 4.70 Å². The molecule has 0 spiro atoms. The molecule has 0 atom stereocenters. The summed E-state index contributed by atoms with van der Waals surface area (Å²) in [7, 11) is 0. The summed E-state index contributed by atoms with van der Waals surface area (Å²) in [6.45, 7) is 5.68. The van der Waals surface area contributed by atoms with Crippen LogP contribution in [0.4, 0.5) is 11.6 Å². The number of anilines is 2. The second-order valence-corrected chi connectivity index (χ2v) is 7.54. The number of piperazine rings is 1. The molecule has 0 radical (unpaired) electrons. The molecule has 1 aliphatic heterocycles. The van der Waals surface area contributed by atoms with Gasteiger partial charge in [-0.25, -0.2) is 19.6 Å². The van der Waals surface area contributed by atoms with Crippen molar-refractivity contribution >= 4 is 33.2 Å². The van der Waals surface area contributed by atoms with Crippen LogP contribution < -0.4 is 9.80 Å². The van der Waals surface area contributed by atoms with E-state index in [9.17, 15) is 0 Å². The van der Waals surface area contributed by atoms with E-state index in [1.807, 2.05) is 42.2 Å². The van der Waals surface area contributed by atoms with Crippen LogP contribution in [0.2, 0.25) is 0 Å². The van der Waals surface area contributed by atoms with Gasteiger partial charge in [0.2, 0.25) is 0 Å². The highest BCUT2D eigenvalue weighted by molar-refractivity contribution is 7.17. The van der Waals surface area contributed by atoms with Crippen molar-refractivity contribution in [3.05, 3.63) is 53.9 Å². The van der Waals surface area contributed by atoms with Crippen LogP contribution in [-0.2, 0) is 0 Å². The quantitative estimate of drug-likeness (QED) is 0.547. The molecule has 7 nitrogen and oxygen atoms in total. The number of nitrogens with zero attached hydrogens (tertiary/aromatic N) is 7. The minimum Gasteiger partial charge on any atom is -0.353 e. The van der Waals surface area contributed by atoms with Crippen LogP contribution in [0, 0.1) is 6.92 Å². The maximum absolute atomic E-state index is 4.80. The lowest BCUT2D eigenvalue weighted by atomic mass is 10.3. The summed E-state index contributed by atoms with van der Waals surface area (Å²) < 4.78 is 2.99. The van der Waals surface area contributed by atoms with Gasteiger partial charge in [-0.15, -0.1) is 11.3 Å². The third-order valence-corrected chi connectivity index (χ3v) is 5.69. The lowest BCUT2D eigenvalue weighted by Crippen LogP contribution is -2.47. The number of pyridine rings is 1.